The normalized spacial score (nSPS) is 14.0. The van der Waals surface area contributed by atoms with Crippen LogP contribution in [0.25, 0.3) is 0 Å². The van der Waals surface area contributed by atoms with Gasteiger partial charge in [-0.25, -0.2) is 9.59 Å². The van der Waals surface area contributed by atoms with Crippen LogP contribution in [0.3, 0.4) is 0 Å². The lowest BCUT2D eigenvalue weighted by molar-refractivity contribution is -0.137. The van der Waals surface area contributed by atoms with Gasteiger partial charge in [0.15, 0.2) is 11.5 Å². The second-order valence-electron chi connectivity index (χ2n) is 5.84. The number of carbonyl (C=O) groups is 2. The molecule has 1 aliphatic heterocycles. The van der Waals surface area contributed by atoms with E-state index in [-0.39, 0.29) is 11.1 Å². The van der Waals surface area contributed by atoms with Crippen molar-refractivity contribution in [3.8, 4) is 17.2 Å². The number of carbonyl (C=O) groups excluding carboxylic acids is 2. The van der Waals surface area contributed by atoms with Crippen LogP contribution in [0.4, 0.5) is 0 Å². The number of nitrogens with zero attached hydrogens (tertiary/aromatic N) is 1. The second kappa shape index (κ2) is 9.16. The fourth-order valence-corrected chi connectivity index (χ4v) is 3.16. The van der Waals surface area contributed by atoms with Crippen LogP contribution in [0.2, 0.25) is 0 Å². The fourth-order valence-electron chi connectivity index (χ4n) is 3.16. The molecule has 0 spiro atoms. The van der Waals surface area contributed by atoms with Gasteiger partial charge < -0.3 is 28.6 Å². The molecule has 1 heterocycles. The molecule has 152 valence electrons. The summed E-state index contributed by atoms with van der Waals surface area (Å²) < 4.78 is 26.2. The Hall–Kier alpha value is -3.16. The van der Waals surface area contributed by atoms with Crippen LogP contribution >= 0.6 is 0 Å². The molecule has 1 aromatic rings. The first kappa shape index (κ1) is 21.1. The second-order valence-corrected chi connectivity index (χ2v) is 5.84. The number of rotatable bonds is 7. The Morgan fingerprint density at radius 1 is 0.857 bits per heavy atom. The molecule has 0 radical (unpaired) electrons. The molecular formula is C20H25NO7. The van der Waals surface area contributed by atoms with Crippen LogP contribution in [0, 0.1) is 0 Å². The Bertz CT molecular complexity index is 779. The fraction of sp³-hybridized carbons (Fsp3) is 0.400. The summed E-state index contributed by atoms with van der Waals surface area (Å²) in [7, 11) is 7.05. The lowest BCUT2D eigenvalue weighted by atomic mass is 9.82. The molecule has 1 aromatic carbocycles. The van der Waals surface area contributed by atoms with E-state index < -0.39 is 17.9 Å². The topological polar surface area (TPSA) is 83.5 Å². The SMILES string of the molecule is CCN1C=C(C(=O)OC)C(c2ccc(OC)c(OC)c2OC)C(C(=O)OC)=C1. The Kier molecular flexibility index (Phi) is 6.92. The first-order valence-electron chi connectivity index (χ1n) is 8.61. The molecule has 0 aromatic heterocycles. The molecule has 8 nitrogen and oxygen atoms in total. The highest BCUT2D eigenvalue weighted by molar-refractivity contribution is 5.99. The Morgan fingerprint density at radius 3 is 1.79 bits per heavy atom. The van der Waals surface area contributed by atoms with Crippen molar-refractivity contribution in [1.82, 2.24) is 4.90 Å². The molecule has 0 amide bonds. The Labute approximate surface area is 164 Å². The molecule has 0 N–H and O–H groups in total. The van der Waals surface area contributed by atoms with Gasteiger partial charge >= 0.3 is 11.9 Å². The lowest BCUT2D eigenvalue weighted by Crippen LogP contribution is -2.29. The van der Waals surface area contributed by atoms with Crippen LogP contribution in [-0.4, -0.2) is 58.9 Å². The van der Waals surface area contributed by atoms with E-state index >= 15 is 0 Å². The highest BCUT2D eigenvalue weighted by Gasteiger charge is 2.37. The molecule has 0 saturated heterocycles. The maximum Gasteiger partial charge on any atom is 0.336 e. The van der Waals surface area contributed by atoms with E-state index in [2.05, 4.69) is 0 Å². The van der Waals surface area contributed by atoms with Crippen molar-refractivity contribution in [2.75, 3.05) is 42.1 Å². The van der Waals surface area contributed by atoms with Crippen LogP contribution in [0.15, 0.2) is 35.7 Å². The molecule has 0 aliphatic carbocycles. The Morgan fingerprint density at radius 2 is 1.39 bits per heavy atom. The first-order chi connectivity index (χ1) is 13.5. The van der Waals surface area contributed by atoms with Gasteiger partial charge in [0, 0.05) is 24.5 Å². The summed E-state index contributed by atoms with van der Waals surface area (Å²) in [4.78, 5) is 26.8. The number of ether oxygens (including phenoxy) is 5. The van der Waals surface area contributed by atoms with Crippen LogP contribution in [0.5, 0.6) is 17.2 Å². The predicted octanol–water partition coefficient (Wildman–Crippen LogP) is 2.25. The van der Waals surface area contributed by atoms with Crippen LogP contribution in [0.1, 0.15) is 18.4 Å². The molecule has 8 heteroatoms. The third-order valence-corrected chi connectivity index (χ3v) is 4.48. The van der Waals surface area contributed by atoms with Crippen molar-refractivity contribution in [1.29, 1.82) is 0 Å². The first-order valence-corrected chi connectivity index (χ1v) is 8.61. The largest absolute Gasteiger partial charge is 0.493 e. The van der Waals surface area contributed by atoms with E-state index in [0.29, 0.717) is 29.4 Å². The standard InChI is InChI=1S/C20H25NO7/c1-7-21-10-13(19(22)27-5)16(14(11-21)20(23)28-6)12-8-9-15(24-2)18(26-4)17(12)25-3/h8-11,16H,7H2,1-6H3. The number of hydrogen-bond donors (Lipinski definition) is 0. The average Bonchev–Trinajstić information content (AvgIpc) is 2.75. The summed E-state index contributed by atoms with van der Waals surface area (Å²) in [6.45, 7) is 2.45. The molecule has 2 rings (SSSR count). The van der Waals surface area contributed by atoms with E-state index in [1.807, 2.05) is 6.92 Å². The number of esters is 2. The molecule has 0 unspecified atom stereocenters. The van der Waals surface area contributed by atoms with E-state index in [9.17, 15) is 9.59 Å². The minimum absolute atomic E-state index is 0.276. The van der Waals surface area contributed by atoms with Crippen molar-refractivity contribution in [2.24, 2.45) is 0 Å². The summed E-state index contributed by atoms with van der Waals surface area (Å²) >= 11 is 0. The third kappa shape index (κ3) is 3.76. The summed E-state index contributed by atoms with van der Waals surface area (Å²) in [5.41, 5.74) is 1.10. The van der Waals surface area contributed by atoms with Gasteiger partial charge in [0.25, 0.3) is 0 Å². The smallest absolute Gasteiger partial charge is 0.336 e. The zero-order valence-electron chi connectivity index (χ0n) is 16.9. The number of hydrogen-bond acceptors (Lipinski definition) is 8. The molecule has 0 atom stereocenters. The number of benzene rings is 1. The van der Waals surface area contributed by atoms with Crippen molar-refractivity contribution in [3.05, 3.63) is 41.2 Å². The monoisotopic (exact) mass is 391 g/mol. The summed E-state index contributed by atoms with van der Waals surface area (Å²) in [5, 5.41) is 0. The van der Waals surface area contributed by atoms with Gasteiger partial charge in [-0.2, -0.15) is 0 Å². The minimum atomic E-state index is -0.766. The van der Waals surface area contributed by atoms with E-state index in [1.54, 1.807) is 29.4 Å². The lowest BCUT2D eigenvalue weighted by Gasteiger charge is -2.30. The minimum Gasteiger partial charge on any atom is -0.493 e. The molecule has 0 saturated carbocycles. The summed E-state index contributed by atoms with van der Waals surface area (Å²) in [6.07, 6.45) is 3.30. The highest BCUT2D eigenvalue weighted by Crippen LogP contribution is 2.47. The molecule has 0 bridgehead atoms. The Balaban J connectivity index is 2.78. The predicted molar refractivity (Wildman–Crippen MR) is 101 cm³/mol. The van der Waals surface area contributed by atoms with Crippen molar-refractivity contribution in [3.63, 3.8) is 0 Å². The number of methoxy groups -OCH3 is 5. The molecular weight excluding hydrogens is 366 g/mol. The molecule has 0 fully saturated rings. The van der Waals surface area contributed by atoms with Gasteiger partial charge in [-0.05, 0) is 13.0 Å². The van der Waals surface area contributed by atoms with E-state index in [4.69, 9.17) is 23.7 Å². The van der Waals surface area contributed by atoms with Crippen LogP contribution in [-0.2, 0) is 19.1 Å². The zero-order chi connectivity index (χ0) is 20.8. The van der Waals surface area contributed by atoms with Gasteiger partial charge in [-0.3, -0.25) is 0 Å². The van der Waals surface area contributed by atoms with Gasteiger partial charge in [0.2, 0.25) is 5.75 Å². The summed E-state index contributed by atoms with van der Waals surface area (Å²) in [6, 6.07) is 3.41. The zero-order valence-corrected chi connectivity index (χ0v) is 16.9. The van der Waals surface area contributed by atoms with Gasteiger partial charge in [-0.15, -0.1) is 0 Å². The van der Waals surface area contributed by atoms with Crippen molar-refractivity contribution >= 4 is 11.9 Å². The van der Waals surface area contributed by atoms with Crippen molar-refractivity contribution < 1.29 is 33.3 Å². The molecule has 1 aliphatic rings. The van der Waals surface area contributed by atoms with Gasteiger partial charge in [0.05, 0.1) is 52.6 Å². The van der Waals surface area contributed by atoms with Crippen molar-refractivity contribution in [2.45, 2.75) is 12.8 Å². The van der Waals surface area contributed by atoms with Gasteiger partial charge in [-0.1, -0.05) is 6.07 Å². The quantitative estimate of drug-likeness (QED) is 0.655. The highest BCUT2D eigenvalue weighted by atomic mass is 16.5. The molecule has 28 heavy (non-hydrogen) atoms. The van der Waals surface area contributed by atoms with E-state index in [0.717, 1.165) is 0 Å². The van der Waals surface area contributed by atoms with E-state index in [1.165, 1.54) is 35.5 Å². The third-order valence-electron chi connectivity index (χ3n) is 4.48. The van der Waals surface area contributed by atoms with Gasteiger partial charge in [0.1, 0.15) is 0 Å². The van der Waals surface area contributed by atoms with Crippen LogP contribution < -0.4 is 14.2 Å². The summed E-state index contributed by atoms with van der Waals surface area (Å²) in [5.74, 6) is -0.724. The maximum absolute atomic E-state index is 12.6. The average molecular weight is 391 g/mol. The maximum atomic E-state index is 12.6.